The lowest BCUT2D eigenvalue weighted by atomic mass is 10.1. The van der Waals surface area contributed by atoms with E-state index in [1.54, 1.807) is 0 Å². The van der Waals surface area contributed by atoms with Gasteiger partial charge in [-0.05, 0) is 38.0 Å². The van der Waals surface area contributed by atoms with Gasteiger partial charge in [0.15, 0.2) is 0 Å². The lowest BCUT2D eigenvalue weighted by Gasteiger charge is -2.25. The van der Waals surface area contributed by atoms with Gasteiger partial charge >= 0.3 is 0 Å². The minimum absolute atomic E-state index is 0.0911. The van der Waals surface area contributed by atoms with Crippen LogP contribution >= 0.6 is 0 Å². The molecule has 2 atom stereocenters. The van der Waals surface area contributed by atoms with Crippen molar-refractivity contribution in [2.75, 3.05) is 19.6 Å². The highest BCUT2D eigenvalue weighted by atomic mass is 16.5. The molecular weight excluding hydrogens is 216 g/mol. The van der Waals surface area contributed by atoms with Crippen molar-refractivity contribution in [1.82, 2.24) is 4.90 Å². The van der Waals surface area contributed by atoms with Crippen molar-refractivity contribution in [1.29, 1.82) is 0 Å². The first-order valence-electron chi connectivity index (χ1n) is 6.89. The largest absolute Gasteiger partial charge is 0.364 e. The number of nitrogens with two attached hydrogens (primary N) is 1. The number of ether oxygens (including phenoxy) is 1. The lowest BCUT2D eigenvalue weighted by Crippen LogP contribution is -2.41. The molecule has 1 aliphatic heterocycles. The molecule has 0 aromatic rings. The smallest absolute Gasteiger partial charge is 0.251 e. The highest BCUT2D eigenvalue weighted by molar-refractivity contribution is 5.81. The summed E-state index contributed by atoms with van der Waals surface area (Å²) in [6.07, 6.45) is 5.21. The van der Waals surface area contributed by atoms with E-state index in [-0.39, 0.29) is 18.1 Å². The van der Waals surface area contributed by atoms with Crippen LogP contribution in [-0.2, 0) is 9.53 Å². The number of amides is 1. The predicted molar refractivity (Wildman–Crippen MR) is 66.5 cm³/mol. The van der Waals surface area contributed by atoms with E-state index < -0.39 is 0 Å². The average molecular weight is 240 g/mol. The Bertz CT molecular complexity index is 266. The number of carbonyl (C=O) groups excluding carboxylic acids is 1. The van der Waals surface area contributed by atoms with E-state index in [1.807, 2.05) is 4.90 Å². The molecule has 2 rings (SSSR count). The molecule has 0 unspecified atom stereocenters. The van der Waals surface area contributed by atoms with Gasteiger partial charge in [-0.2, -0.15) is 0 Å². The summed E-state index contributed by atoms with van der Waals surface area (Å²) in [6, 6.07) is 0. The van der Waals surface area contributed by atoms with Gasteiger partial charge in [0.25, 0.3) is 5.91 Å². The Morgan fingerprint density at radius 3 is 2.65 bits per heavy atom. The van der Waals surface area contributed by atoms with Crippen molar-refractivity contribution in [2.45, 2.75) is 51.2 Å². The second-order valence-corrected chi connectivity index (χ2v) is 5.29. The number of carbonyl (C=O) groups is 1. The van der Waals surface area contributed by atoms with E-state index in [2.05, 4.69) is 6.92 Å². The van der Waals surface area contributed by atoms with Gasteiger partial charge in [0, 0.05) is 19.6 Å². The van der Waals surface area contributed by atoms with E-state index >= 15 is 0 Å². The third kappa shape index (κ3) is 3.42. The van der Waals surface area contributed by atoms with E-state index in [0.29, 0.717) is 6.54 Å². The van der Waals surface area contributed by atoms with Gasteiger partial charge in [0.2, 0.25) is 0 Å². The van der Waals surface area contributed by atoms with Crippen LogP contribution < -0.4 is 5.73 Å². The van der Waals surface area contributed by atoms with Crippen LogP contribution in [0.1, 0.15) is 39.0 Å². The first kappa shape index (κ1) is 12.8. The fourth-order valence-electron chi connectivity index (χ4n) is 2.44. The minimum atomic E-state index is -0.228. The van der Waals surface area contributed by atoms with E-state index in [0.717, 1.165) is 38.3 Å². The third-order valence-electron chi connectivity index (χ3n) is 3.63. The zero-order valence-corrected chi connectivity index (χ0v) is 10.7. The van der Waals surface area contributed by atoms with Crippen LogP contribution in [-0.4, -0.2) is 42.6 Å². The minimum Gasteiger partial charge on any atom is -0.364 e. The molecule has 0 spiro atoms. The first-order chi connectivity index (χ1) is 8.24. The maximum absolute atomic E-state index is 12.3. The Hall–Kier alpha value is -0.610. The Balaban J connectivity index is 1.86. The molecule has 0 bridgehead atoms. The van der Waals surface area contributed by atoms with Crippen molar-refractivity contribution in [3.63, 3.8) is 0 Å². The SMILES string of the molecule is CCCN(CC1CC1)C(=O)[C@@H]1CC[C@H](CN)O1. The third-order valence-corrected chi connectivity index (χ3v) is 3.63. The molecule has 1 saturated heterocycles. The van der Waals surface area contributed by atoms with Gasteiger partial charge in [0.1, 0.15) is 6.10 Å². The van der Waals surface area contributed by atoms with E-state index in [9.17, 15) is 4.79 Å². The molecule has 4 nitrogen and oxygen atoms in total. The van der Waals surface area contributed by atoms with Crippen molar-refractivity contribution < 1.29 is 9.53 Å². The van der Waals surface area contributed by atoms with Gasteiger partial charge in [-0.1, -0.05) is 6.92 Å². The highest BCUT2D eigenvalue weighted by Crippen LogP contribution is 2.30. The summed E-state index contributed by atoms with van der Waals surface area (Å²) in [5, 5.41) is 0. The summed E-state index contributed by atoms with van der Waals surface area (Å²) in [7, 11) is 0. The topological polar surface area (TPSA) is 55.6 Å². The van der Waals surface area contributed by atoms with Crippen LogP contribution in [0.15, 0.2) is 0 Å². The quantitative estimate of drug-likeness (QED) is 0.757. The molecular formula is C13H24N2O2. The Morgan fingerprint density at radius 1 is 1.35 bits per heavy atom. The highest BCUT2D eigenvalue weighted by Gasteiger charge is 2.34. The molecule has 0 radical (unpaired) electrons. The van der Waals surface area contributed by atoms with E-state index in [4.69, 9.17) is 10.5 Å². The summed E-state index contributed by atoms with van der Waals surface area (Å²) in [6.45, 7) is 4.44. The molecule has 0 aromatic heterocycles. The van der Waals surface area contributed by atoms with Crippen molar-refractivity contribution in [2.24, 2.45) is 11.7 Å². The predicted octanol–water partition coefficient (Wildman–Crippen LogP) is 1.14. The first-order valence-corrected chi connectivity index (χ1v) is 6.89. The molecule has 4 heteroatoms. The van der Waals surface area contributed by atoms with Crippen LogP contribution in [0.5, 0.6) is 0 Å². The second-order valence-electron chi connectivity index (χ2n) is 5.29. The Kier molecular flexibility index (Phi) is 4.40. The fraction of sp³-hybridized carbons (Fsp3) is 0.923. The number of rotatable bonds is 6. The number of hydrogen-bond donors (Lipinski definition) is 1. The molecule has 2 fully saturated rings. The van der Waals surface area contributed by atoms with Crippen LogP contribution in [0.3, 0.4) is 0 Å². The molecule has 98 valence electrons. The Morgan fingerprint density at radius 2 is 2.12 bits per heavy atom. The average Bonchev–Trinajstić information content (AvgIpc) is 3.02. The summed E-state index contributed by atoms with van der Waals surface area (Å²) in [5.41, 5.74) is 5.57. The van der Waals surface area contributed by atoms with Gasteiger partial charge < -0.3 is 15.4 Å². The van der Waals surface area contributed by atoms with Crippen LogP contribution in [0.2, 0.25) is 0 Å². The molecule has 1 aliphatic carbocycles. The summed E-state index contributed by atoms with van der Waals surface area (Å²) < 4.78 is 5.69. The summed E-state index contributed by atoms with van der Waals surface area (Å²) >= 11 is 0. The molecule has 1 saturated carbocycles. The van der Waals surface area contributed by atoms with Crippen molar-refractivity contribution >= 4 is 5.91 Å². The maximum atomic E-state index is 12.3. The molecule has 0 aromatic carbocycles. The van der Waals surface area contributed by atoms with Crippen LogP contribution in [0.4, 0.5) is 0 Å². The summed E-state index contributed by atoms with van der Waals surface area (Å²) in [4.78, 5) is 14.3. The van der Waals surface area contributed by atoms with E-state index in [1.165, 1.54) is 12.8 Å². The molecule has 2 aliphatic rings. The van der Waals surface area contributed by atoms with Gasteiger partial charge in [-0.25, -0.2) is 0 Å². The second kappa shape index (κ2) is 5.83. The zero-order valence-electron chi connectivity index (χ0n) is 10.7. The number of nitrogens with zero attached hydrogens (tertiary/aromatic N) is 1. The maximum Gasteiger partial charge on any atom is 0.251 e. The monoisotopic (exact) mass is 240 g/mol. The molecule has 2 N–H and O–H groups in total. The van der Waals surface area contributed by atoms with Crippen LogP contribution in [0.25, 0.3) is 0 Å². The fourth-order valence-corrected chi connectivity index (χ4v) is 2.44. The van der Waals surface area contributed by atoms with Gasteiger partial charge in [0.05, 0.1) is 6.10 Å². The van der Waals surface area contributed by atoms with Crippen molar-refractivity contribution in [3.05, 3.63) is 0 Å². The van der Waals surface area contributed by atoms with Crippen LogP contribution in [0, 0.1) is 5.92 Å². The summed E-state index contributed by atoms with van der Waals surface area (Å²) in [5.74, 6) is 0.937. The Labute approximate surface area is 103 Å². The molecule has 17 heavy (non-hydrogen) atoms. The zero-order chi connectivity index (χ0) is 12.3. The standard InChI is InChI=1S/C13H24N2O2/c1-2-7-15(9-10-3-4-10)13(16)12-6-5-11(8-14)17-12/h10-12H,2-9,14H2,1H3/t11-,12+/m1/s1. The lowest BCUT2D eigenvalue weighted by molar-refractivity contribution is -0.143. The van der Waals surface area contributed by atoms with Gasteiger partial charge in [-0.3, -0.25) is 4.79 Å². The van der Waals surface area contributed by atoms with Gasteiger partial charge in [-0.15, -0.1) is 0 Å². The number of hydrogen-bond acceptors (Lipinski definition) is 3. The molecule has 1 heterocycles. The normalized spacial score (nSPS) is 28.4. The van der Waals surface area contributed by atoms with Crippen molar-refractivity contribution in [3.8, 4) is 0 Å². The molecule has 1 amide bonds.